The van der Waals surface area contributed by atoms with Crippen LogP contribution in [0.2, 0.25) is 0 Å². The van der Waals surface area contributed by atoms with Crippen molar-refractivity contribution >= 4 is 28.1 Å². The lowest BCUT2D eigenvalue weighted by Crippen LogP contribution is -2.43. The number of benzene rings is 1. The SMILES string of the molecule is CC1CC(c2cc(F)cc(Br)c2)(c2n[nH]c(=S)n2C)C1. The smallest absolute Gasteiger partial charge is 0.194 e. The van der Waals surface area contributed by atoms with Crippen molar-refractivity contribution in [3.8, 4) is 0 Å². The van der Waals surface area contributed by atoms with E-state index in [1.165, 1.54) is 6.07 Å². The number of aromatic amines is 1. The van der Waals surface area contributed by atoms with Gasteiger partial charge in [-0.3, -0.25) is 5.10 Å². The molecule has 6 heteroatoms. The highest BCUT2D eigenvalue weighted by Crippen LogP contribution is 2.51. The summed E-state index contributed by atoms with van der Waals surface area (Å²) in [6.45, 7) is 2.20. The first-order valence-corrected chi connectivity index (χ1v) is 7.71. The van der Waals surface area contributed by atoms with Crippen LogP contribution in [0.5, 0.6) is 0 Å². The molecule has 0 radical (unpaired) electrons. The monoisotopic (exact) mass is 355 g/mol. The minimum atomic E-state index is -0.244. The molecule has 1 saturated carbocycles. The fraction of sp³-hybridized carbons (Fsp3) is 0.429. The molecule has 20 heavy (non-hydrogen) atoms. The van der Waals surface area contributed by atoms with Crippen molar-refractivity contribution in [1.82, 2.24) is 14.8 Å². The van der Waals surface area contributed by atoms with Crippen molar-refractivity contribution in [2.45, 2.75) is 25.2 Å². The number of nitrogens with zero attached hydrogens (tertiary/aromatic N) is 2. The Kier molecular flexibility index (Phi) is 3.33. The topological polar surface area (TPSA) is 33.6 Å². The Morgan fingerprint density at radius 1 is 1.45 bits per heavy atom. The van der Waals surface area contributed by atoms with Gasteiger partial charge in [-0.1, -0.05) is 22.9 Å². The fourth-order valence-electron chi connectivity index (χ4n) is 3.28. The summed E-state index contributed by atoms with van der Waals surface area (Å²) in [6, 6.07) is 5.06. The number of nitrogens with one attached hydrogen (secondary N) is 1. The number of halogens is 2. The maximum Gasteiger partial charge on any atom is 0.194 e. The Labute approximate surface area is 130 Å². The minimum Gasteiger partial charge on any atom is -0.307 e. The zero-order valence-corrected chi connectivity index (χ0v) is 13.7. The van der Waals surface area contributed by atoms with E-state index in [2.05, 4.69) is 33.1 Å². The molecule has 0 atom stereocenters. The van der Waals surface area contributed by atoms with Gasteiger partial charge in [0, 0.05) is 11.5 Å². The van der Waals surface area contributed by atoms with E-state index in [0.29, 0.717) is 10.7 Å². The van der Waals surface area contributed by atoms with Gasteiger partial charge in [-0.25, -0.2) is 4.39 Å². The Hall–Kier alpha value is -1.01. The average molecular weight is 356 g/mol. The quantitative estimate of drug-likeness (QED) is 0.822. The predicted octanol–water partition coefficient (Wildman–Crippen LogP) is 4.10. The van der Waals surface area contributed by atoms with Gasteiger partial charge in [-0.2, -0.15) is 5.10 Å². The van der Waals surface area contributed by atoms with Crippen molar-refractivity contribution in [1.29, 1.82) is 0 Å². The molecule has 0 unspecified atom stereocenters. The second kappa shape index (κ2) is 4.77. The van der Waals surface area contributed by atoms with Gasteiger partial charge in [0.2, 0.25) is 0 Å². The molecule has 2 aromatic rings. The first-order valence-electron chi connectivity index (χ1n) is 6.51. The predicted molar refractivity (Wildman–Crippen MR) is 81.7 cm³/mol. The molecular weight excluding hydrogens is 341 g/mol. The van der Waals surface area contributed by atoms with E-state index in [1.54, 1.807) is 6.07 Å². The molecule has 1 aromatic heterocycles. The summed E-state index contributed by atoms with van der Waals surface area (Å²) in [6.07, 6.45) is 1.91. The molecule has 0 amide bonds. The van der Waals surface area contributed by atoms with E-state index in [9.17, 15) is 4.39 Å². The van der Waals surface area contributed by atoms with Gasteiger partial charge in [0.15, 0.2) is 4.77 Å². The molecule has 0 bridgehead atoms. The minimum absolute atomic E-state index is 0.231. The fourth-order valence-corrected chi connectivity index (χ4v) is 3.88. The summed E-state index contributed by atoms with van der Waals surface area (Å²) < 4.78 is 17.0. The van der Waals surface area contributed by atoms with Crippen molar-refractivity contribution < 1.29 is 4.39 Å². The van der Waals surface area contributed by atoms with Gasteiger partial charge < -0.3 is 4.57 Å². The van der Waals surface area contributed by atoms with E-state index in [0.717, 1.165) is 28.7 Å². The third-order valence-electron chi connectivity index (χ3n) is 4.12. The van der Waals surface area contributed by atoms with Crippen LogP contribution >= 0.6 is 28.1 Å². The van der Waals surface area contributed by atoms with E-state index in [-0.39, 0.29) is 11.2 Å². The summed E-state index contributed by atoms with van der Waals surface area (Å²) in [5.74, 6) is 1.26. The number of hydrogen-bond acceptors (Lipinski definition) is 2. The van der Waals surface area contributed by atoms with E-state index < -0.39 is 0 Å². The molecule has 1 heterocycles. The average Bonchev–Trinajstić information content (AvgIpc) is 2.65. The van der Waals surface area contributed by atoms with Crippen LogP contribution in [0.1, 0.15) is 31.2 Å². The second-order valence-electron chi connectivity index (χ2n) is 5.67. The lowest BCUT2D eigenvalue weighted by Gasteiger charge is -2.46. The standard InChI is InChI=1S/C14H15BrFN3S/c1-8-6-14(7-8,12-17-18-13(20)19(12)2)9-3-10(15)5-11(16)4-9/h3-5,8H,6-7H2,1-2H3,(H,18,20). The van der Waals surface area contributed by atoms with Crippen molar-refractivity contribution in [3.05, 3.63) is 44.6 Å². The van der Waals surface area contributed by atoms with Gasteiger partial charge in [-0.05, 0) is 54.7 Å². The zero-order chi connectivity index (χ0) is 14.5. The van der Waals surface area contributed by atoms with Crippen LogP contribution in [0.4, 0.5) is 4.39 Å². The Morgan fingerprint density at radius 3 is 2.65 bits per heavy atom. The second-order valence-corrected chi connectivity index (χ2v) is 6.97. The van der Waals surface area contributed by atoms with Crippen LogP contribution in [0, 0.1) is 16.5 Å². The zero-order valence-electron chi connectivity index (χ0n) is 11.3. The van der Waals surface area contributed by atoms with Gasteiger partial charge >= 0.3 is 0 Å². The highest BCUT2D eigenvalue weighted by Gasteiger charge is 2.48. The number of aromatic nitrogens is 3. The van der Waals surface area contributed by atoms with Crippen molar-refractivity contribution in [2.24, 2.45) is 13.0 Å². The third kappa shape index (κ3) is 2.05. The molecule has 0 aliphatic heterocycles. The van der Waals surface area contributed by atoms with E-state index in [1.807, 2.05) is 17.7 Å². The molecule has 3 nitrogen and oxygen atoms in total. The number of hydrogen-bond donors (Lipinski definition) is 1. The first-order chi connectivity index (χ1) is 9.42. The summed E-state index contributed by atoms with van der Waals surface area (Å²) in [4.78, 5) is 0. The molecule has 1 aliphatic rings. The third-order valence-corrected chi connectivity index (χ3v) is 4.94. The molecule has 1 fully saturated rings. The Balaban J connectivity index is 2.18. The molecular formula is C14H15BrFN3S. The maximum absolute atomic E-state index is 13.8. The maximum atomic E-state index is 13.8. The molecule has 1 N–H and O–H groups in total. The molecule has 0 spiro atoms. The van der Waals surface area contributed by atoms with Gasteiger partial charge in [-0.15, -0.1) is 0 Å². The normalized spacial score (nSPS) is 25.5. The first kappa shape index (κ1) is 13.9. The van der Waals surface area contributed by atoms with Crippen molar-refractivity contribution in [3.63, 3.8) is 0 Å². The summed E-state index contributed by atoms with van der Waals surface area (Å²) in [7, 11) is 1.90. The number of rotatable bonds is 2. The van der Waals surface area contributed by atoms with Crippen LogP contribution in [0.3, 0.4) is 0 Å². The largest absolute Gasteiger partial charge is 0.307 e. The van der Waals surface area contributed by atoms with Gasteiger partial charge in [0.05, 0.1) is 5.41 Å². The van der Waals surface area contributed by atoms with Crippen LogP contribution in [-0.2, 0) is 12.5 Å². The van der Waals surface area contributed by atoms with E-state index in [4.69, 9.17) is 12.2 Å². The highest BCUT2D eigenvalue weighted by atomic mass is 79.9. The molecule has 1 aliphatic carbocycles. The molecule has 0 saturated heterocycles. The van der Waals surface area contributed by atoms with Crippen LogP contribution in [0.25, 0.3) is 0 Å². The molecule has 3 rings (SSSR count). The van der Waals surface area contributed by atoms with Gasteiger partial charge in [0.1, 0.15) is 11.6 Å². The summed E-state index contributed by atoms with van der Waals surface area (Å²) in [5, 5.41) is 7.22. The van der Waals surface area contributed by atoms with Crippen LogP contribution < -0.4 is 0 Å². The Bertz CT molecular complexity index is 695. The van der Waals surface area contributed by atoms with Crippen LogP contribution in [-0.4, -0.2) is 14.8 Å². The summed E-state index contributed by atoms with van der Waals surface area (Å²) in [5.41, 5.74) is 0.714. The lowest BCUT2D eigenvalue weighted by atomic mass is 9.58. The van der Waals surface area contributed by atoms with E-state index >= 15 is 0 Å². The summed E-state index contributed by atoms with van der Waals surface area (Å²) >= 11 is 8.58. The Morgan fingerprint density at radius 2 is 2.15 bits per heavy atom. The molecule has 1 aromatic carbocycles. The van der Waals surface area contributed by atoms with Gasteiger partial charge in [0.25, 0.3) is 0 Å². The lowest BCUT2D eigenvalue weighted by molar-refractivity contribution is 0.184. The van der Waals surface area contributed by atoms with Crippen LogP contribution in [0.15, 0.2) is 22.7 Å². The highest BCUT2D eigenvalue weighted by molar-refractivity contribution is 9.10. The number of H-pyrrole nitrogens is 1. The molecule has 106 valence electrons. The van der Waals surface area contributed by atoms with Crippen molar-refractivity contribution in [2.75, 3.05) is 0 Å².